The largest absolute Gasteiger partial charge is 0.434 e. The number of hydrogen-bond donors (Lipinski definition) is 1. The number of cyclic esters (lactones) is 1. The summed E-state index contributed by atoms with van der Waals surface area (Å²) in [5.74, 6) is -0.501. The molecule has 3 heteroatoms. The molecular weight excluding hydrogens is 190 g/mol. The van der Waals surface area contributed by atoms with Crippen molar-refractivity contribution in [2.24, 2.45) is 0 Å². The van der Waals surface area contributed by atoms with E-state index < -0.39 is 0 Å². The van der Waals surface area contributed by atoms with E-state index in [0.717, 1.165) is 16.6 Å². The van der Waals surface area contributed by atoms with Gasteiger partial charge in [-0.15, -0.1) is 0 Å². The molecule has 1 aromatic heterocycles. The van der Waals surface area contributed by atoms with Gasteiger partial charge in [0.05, 0.1) is 6.26 Å². The Morgan fingerprint density at radius 2 is 2.13 bits per heavy atom. The van der Waals surface area contributed by atoms with Gasteiger partial charge < -0.3 is 9.72 Å². The standard InChI is InChI=1S/C12H9NO2/c14-12-9(5-6-15-12)11-7-8-3-1-2-4-10(8)13-11/h1-7,9,13H. The Hall–Kier alpha value is -2.03. The molecule has 1 aliphatic rings. The lowest BCUT2D eigenvalue weighted by atomic mass is 10.1. The maximum absolute atomic E-state index is 11.3. The number of aromatic nitrogens is 1. The van der Waals surface area contributed by atoms with Crippen LogP contribution in [0.2, 0.25) is 0 Å². The molecule has 1 aliphatic heterocycles. The predicted molar refractivity (Wildman–Crippen MR) is 56.3 cm³/mol. The SMILES string of the molecule is O=C1OC=CC1c1cc2ccccc2[nH]1. The van der Waals surface area contributed by atoms with Gasteiger partial charge in [0.15, 0.2) is 0 Å². The summed E-state index contributed by atoms with van der Waals surface area (Å²) in [6.07, 6.45) is 3.20. The first-order chi connectivity index (χ1) is 7.34. The van der Waals surface area contributed by atoms with Crippen molar-refractivity contribution in [2.75, 3.05) is 0 Å². The highest BCUT2D eigenvalue weighted by Gasteiger charge is 2.24. The van der Waals surface area contributed by atoms with E-state index in [4.69, 9.17) is 4.74 Å². The summed E-state index contributed by atoms with van der Waals surface area (Å²) in [6.45, 7) is 0. The van der Waals surface area contributed by atoms with Crippen LogP contribution >= 0.6 is 0 Å². The minimum absolute atomic E-state index is 0.221. The lowest BCUT2D eigenvalue weighted by Crippen LogP contribution is -2.06. The maximum atomic E-state index is 11.3. The predicted octanol–water partition coefficient (Wildman–Crippen LogP) is 2.32. The number of carbonyl (C=O) groups is 1. The Morgan fingerprint density at radius 1 is 1.27 bits per heavy atom. The molecule has 0 saturated heterocycles. The van der Waals surface area contributed by atoms with E-state index in [1.807, 2.05) is 30.3 Å². The van der Waals surface area contributed by atoms with Gasteiger partial charge in [0.1, 0.15) is 5.92 Å². The topological polar surface area (TPSA) is 42.1 Å². The summed E-state index contributed by atoms with van der Waals surface area (Å²) in [5, 5.41) is 1.11. The molecule has 3 nitrogen and oxygen atoms in total. The minimum atomic E-state index is -0.280. The summed E-state index contributed by atoms with van der Waals surface area (Å²) in [4.78, 5) is 14.6. The highest BCUT2D eigenvalue weighted by Crippen LogP contribution is 2.26. The van der Waals surface area contributed by atoms with Gasteiger partial charge in [0, 0.05) is 11.2 Å². The zero-order chi connectivity index (χ0) is 10.3. The molecule has 0 saturated carbocycles. The Balaban J connectivity index is 2.12. The van der Waals surface area contributed by atoms with Crippen molar-refractivity contribution in [3.05, 3.63) is 48.4 Å². The average Bonchev–Trinajstić information content (AvgIpc) is 2.82. The quantitative estimate of drug-likeness (QED) is 0.716. The van der Waals surface area contributed by atoms with Gasteiger partial charge >= 0.3 is 5.97 Å². The molecule has 0 amide bonds. The van der Waals surface area contributed by atoms with E-state index >= 15 is 0 Å². The van der Waals surface area contributed by atoms with Crippen LogP contribution in [0.3, 0.4) is 0 Å². The third-order valence-corrected chi connectivity index (χ3v) is 2.60. The van der Waals surface area contributed by atoms with Crippen molar-refractivity contribution in [3.8, 4) is 0 Å². The zero-order valence-electron chi connectivity index (χ0n) is 7.94. The fourth-order valence-corrected chi connectivity index (χ4v) is 1.83. The first kappa shape index (κ1) is 8.29. The Morgan fingerprint density at radius 3 is 2.87 bits per heavy atom. The number of para-hydroxylation sites is 1. The van der Waals surface area contributed by atoms with Crippen LogP contribution in [0.15, 0.2) is 42.7 Å². The summed E-state index contributed by atoms with van der Waals surface area (Å²) < 4.78 is 4.78. The van der Waals surface area contributed by atoms with Crippen LogP contribution in [-0.4, -0.2) is 11.0 Å². The Bertz CT molecular complexity index is 521. The molecule has 1 aromatic carbocycles. The number of fused-ring (bicyclic) bond motifs is 1. The fraction of sp³-hybridized carbons (Fsp3) is 0.0833. The van der Waals surface area contributed by atoms with Crippen LogP contribution in [-0.2, 0) is 9.53 Å². The van der Waals surface area contributed by atoms with Crippen LogP contribution in [0.4, 0.5) is 0 Å². The first-order valence-corrected chi connectivity index (χ1v) is 4.79. The molecule has 1 unspecified atom stereocenters. The van der Waals surface area contributed by atoms with E-state index in [9.17, 15) is 4.79 Å². The third-order valence-electron chi connectivity index (χ3n) is 2.60. The molecule has 74 valence electrons. The van der Waals surface area contributed by atoms with Gasteiger partial charge in [-0.05, 0) is 23.6 Å². The Kier molecular flexibility index (Phi) is 1.65. The van der Waals surface area contributed by atoms with Crippen molar-refractivity contribution in [2.45, 2.75) is 5.92 Å². The van der Waals surface area contributed by atoms with Gasteiger partial charge in [0.2, 0.25) is 0 Å². The second-order valence-electron chi connectivity index (χ2n) is 3.56. The second-order valence-corrected chi connectivity index (χ2v) is 3.56. The summed E-state index contributed by atoms with van der Waals surface area (Å²) in [6, 6.07) is 9.92. The number of rotatable bonds is 1. The van der Waals surface area contributed by atoms with E-state index in [0.29, 0.717) is 0 Å². The summed E-state index contributed by atoms with van der Waals surface area (Å²) in [5.41, 5.74) is 1.93. The van der Waals surface area contributed by atoms with Gasteiger partial charge in [-0.3, -0.25) is 4.79 Å². The van der Waals surface area contributed by atoms with Crippen molar-refractivity contribution in [1.29, 1.82) is 0 Å². The molecule has 0 bridgehead atoms. The van der Waals surface area contributed by atoms with Crippen LogP contribution in [0.25, 0.3) is 10.9 Å². The van der Waals surface area contributed by atoms with Gasteiger partial charge in [-0.2, -0.15) is 0 Å². The smallest absolute Gasteiger partial charge is 0.323 e. The molecule has 15 heavy (non-hydrogen) atoms. The summed E-state index contributed by atoms with van der Waals surface area (Å²) in [7, 11) is 0. The first-order valence-electron chi connectivity index (χ1n) is 4.79. The molecule has 2 heterocycles. The van der Waals surface area contributed by atoms with E-state index in [2.05, 4.69) is 4.98 Å². The number of aromatic amines is 1. The van der Waals surface area contributed by atoms with Gasteiger partial charge in [-0.25, -0.2) is 0 Å². The van der Waals surface area contributed by atoms with E-state index in [1.165, 1.54) is 6.26 Å². The van der Waals surface area contributed by atoms with Crippen LogP contribution in [0, 0.1) is 0 Å². The fourth-order valence-electron chi connectivity index (χ4n) is 1.83. The lowest BCUT2D eigenvalue weighted by Gasteiger charge is -1.99. The molecule has 0 radical (unpaired) electrons. The zero-order valence-corrected chi connectivity index (χ0v) is 7.94. The second kappa shape index (κ2) is 2.98. The number of H-pyrrole nitrogens is 1. The number of esters is 1. The maximum Gasteiger partial charge on any atom is 0.323 e. The van der Waals surface area contributed by atoms with Gasteiger partial charge in [-0.1, -0.05) is 18.2 Å². The van der Waals surface area contributed by atoms with Crippen molar-refractivity contribution in [1.82, 2.24) is 4.98 Å². The lowest BCUT2D eigenvalue weighted by molar-refractivity contribution is -0.136. The minimum Gasteiger partial charge on any atom is -0.434 e. The number of ether oxygens (including phenoxy) is 1. The Labute approximate surface area is 86.4 Å². The molecule has 0 fully saturated rings. The summed E-state index contributed by atoms with van der Waals surface area (Å²) >= 11 is 0. The highest BCUT2D eigenvalue weighted by molar-refractivity contribution is 5.87. The monoisotopic (exact) mass is 199 g/mol. The molecule has 1 N–H and O–H groups in total. The van der Waals surface area contributed by atoms with E-state index in [-0.39, 0.29) is 11.9 Å². The molecule has 0 aliphatic carbocycles. The van der Waals surface area contributed by atoms with E-state index in [1.54, 1.807) is 6.08 Å². The normalized spacial score (nSPS) is 19.7. The molecule has 1 atom stereocenters. The number of carbonyl (C=O) groups excluding carboxylic acids is 1. The molecule has 2 aromatic rings. The van der Waals surface area contributed by atoms with Crippen molar-refractivity contribution >= 4 is 16.9 Å². The van der Waals surface area contributed by atoms with Crippen LogP contribution in [0.1, 0.15) is 11.6 Å². The third kappa shape index (κ3) is 1.24. The van der Waals surface area contributed by atoms with Crippen molar-refractivity contribution < 1.29 is 9.53 Å². The van der Waals surface area contributed by atoms with Crippen LogP contribution in [0.5, 0.6) is 0 Å². The molecule has 0 spiro atoms. The van der Waals surface area contributed by atoms with Crippen molar-refractivity contribution in [3.63, 3.8) is 0 Å². The molecular formula is C12H9NO2. The number of nitrogens with one attached hydrogen (secondary N) is 1. The highest BCUT2D eigenvalue weighted by atomic mass is 16.5. The number of benzene rings is 1. The average molecular weight is 199 g/mol. The van der Waals surface area contributed by atoms with Crippen LogP contribution < -0.4 is 0 Å². The number of hydrogen-bond acceptors (Lipinski definition) is 2. The van der Waals surface area contributed by atoms with Gasteiger partial charge in [0.25, 0.3) is 0 Å². The molecule has 3 rings (SSSR count).